The summed E-state index contributed by atoms with van der Waals surface area (Å²) in [6.07, 6.45) is 32.6. The highest BCUT2D eigenvalue weighted by Gasteiger charge is 2.34. The van der Waals surface area contributed by atoms with Gasteiger partial charge < -0.3 is 38.3 Å². The molecule has 2 N–H and O–H groups in total. The number of sulfone groups is 1. The summed E-state index contributed by atoms with van der Waals surface area (Å²) in [5, 5.41) is 20.1. The van der Waals surface area contributed by atoms with E-state index in [9.17, 15) is 23.1 Å². The van der Waals surface area contributed by atoms with Gasteiger partial charge in [0.25, 0.3) is 0 Å². The van der Waals surface area contributed by atoms with Crippen molar-refractivity contribution in [3.05, 3.63) is 233 Å². The maximum Gasteiger partial charge on any atom is 0.409 e. The fraction of sp³-hybridized carbons (Fsp3) is 0.363. The number of nitrogens with one attached hydrogen (secondary N) is 1. The predicted octanol–water partition coefficient (Wildman–Crippen LogP) is 23.7. The van der Waals surface area contributed by atoms with Gasteiger partial charge in [-0.25, -0.2) is 32.6 Å². The number of ether oxygens (including phenoxy) is 1. The van der Waals surface area contributed by atoms with Crippen LogP contribution in [0.5, 0.6) is 0 Å². The van der Waals surface area contributed by atoms with E-state index in [0.29, 0.717) is 80.9 Å². The van der Waals surface area contributed by atoms with Crippen LogP contribution in [0, 0.1) is 81.7 Å². The molecule has 2 saturated carbocycles. The number of nitrogens with zero attached hydrogens (tertiary/aromatic N) is 13. The van der Waals surface area contributed by atoms with Gasteiger partial charge in [0.2, 0.25) is 5.91 Å². The molecule has 8 aromatic heterocycles. The molecule has 4 aromatic carbocycles. The van der Waals surface area contributed by atoms with Crippen molar-refractivity contribution in [2.24, 2.45) is 0 Å². The molecule has 2 aliphatic heterocycles. The van der Waals surface area contributed by atoms with Gasteiger partial charge in [0, 0.05) is 191 Å². The van der Waals surface area contributed by atoms with Crippen LogP contribution in [0.25, 0.3) is 107 Å². The van der Waals surface area contributed by atoms with Crippen molar-refractivity contribution in [1.29, 1.82) is 0 Å². The minimum absolute atomic E-state index is 0.0380. The van der Waals surface area contributed by atoms with Gasteiger partial charge in [0.05, 0.1) is 70.6 Å². The predicted molar refractivity (Wildman–Crippen MR) is 466 cm³/mol. The van der Waals surface area contributed by atoms with E-state index in [-0.39, 0.29) is 41.6 Å². The van der Waals surface area contributed by atoms with E-state index in [1.165, 1.54) is 7.11 Å². The molecule has 10 heterocycles. The third-order valence-electron chi connectivity index (χ3n) is 23.6. The fourth-order valence-corrected chi connectivity index (χ4v) is 19.2. The Bertz CT molecular complexity index is 6150. The Hall–Kier alpha value is -10.6. The number of amides is 2. The van der Waals surface area contributed by atoms with Crippen LogP contribution >= 0.6 is 46.4 Å². The number of carbonyl (C=O) groups excluding carboxylic acids is 2. The minimum Gasteiger partial charge on any atom is -0.453 e. The maximum absolute atomic E-state index is 11.9. The molecule has 0 radical (unpaired) electrons. The summed E-state index contributed by atoms with van der Waals surface area (Å²) in [5.41, 5.74) is 21.2. The summed E-state index contributed by atoms with van der Waals surface area (Å²) >= 11 is 26.5. The molecular formula is C91H92Cl4N14O6S. The molecular weight excluding hydrogens is 1560 g/mol. The molecule has 20 nitrogen and oxygen atoms in total. The van der Waals surface area contributed by atoms with Crippen molar-refractivity contribution in [3.8, 4) is 44.5 Å². The Morgan fingerprint density at radius 2 is 0.724 bits per heavy atom. The largest absolute Gasteiger partial charge is 0.453 e. The van der Waals surface area contributed by atoms with Crippen molar-refractivity contribution >= 4 is 135 Å². The first-order valence-electron chi connectivity index (χ1n) is 39.0. The van der Waals surface area contributed by atoms with Crippen molar-refractivity contribution < 1.29 is 27.9 Å². The normalized spacial score (nSPS) is 18.2. The summed E-state index contributed by atoms with van der Waals surface area (Å²) in [6, 6.07) is 17.4. The summed E-state index contributed by atoms with van der Waals surface area (Å²) in [7, 11) is -1.52. The number of benzene rings is 4. The van der Waals surface area contributed by atoms with Gasteiger partial charge in [-0.15, -0.1) is 0 Å². The molecule has 0 bridgehead atoms. The lowest BCUT2D eigenvalue weighted by Crippen LogP contribution is -2.38. The van der Waals surface area contributed by atoms with E-state index in [1.807, 2.05) is 98.8 Å². The molecule has 4 fully saturated rings. The zero-order chi connectivity index (χ0) is 82.9. The number of rotatable bonds is 9. The third kappa shape index (κ3) is 17.2. The maximum atomic E-state index is 11.9. The smallest absolute Gasteiger partial charge is 0.409 e. The number of aliphatic hydroxyl groups is 1. The molecule has 2 amide bonds. The van der Waals surface area contributed by atoms with Gasteiger partial charge >= 0.3 is 6.09 Å². The second kappa shape index (κ2) is 34.7. The summed E-state index contributed by atoms with van der Waals surface area (Å²) in [6.45, 7) is 50.5. The number of carbonyl (C=O) groups is 2. The number of fused-ring (bicyclic) bond motifs is 4. The summed E-state index contributed by atoms with van der Waals surface area (Å²) in [5.74, 6) is 0.452. The van der Waals surface area contributed by atoms with Crippen molar-refractivity contribution in [2.75, 3.05) is 31.7 Å². The second-order valence-corrected chi connectivity index (χ2v) is 35.5. The van der Waals surface area contributed by atoms with Crippen LogP contribution in [0.4, 0.5) is 27.5 Å². The quantitative estimate of drug-likeness (QED) is 0.131. The molecule has 2 aliphatic carbocycles. The zero-order valence-electron chi connectivity index (χ0n) is 67.0. The molecule has 0 atom stereocenters. The van der Waals surface area contributed by atoms with E-state index in [0.717, 1.165) is 197 Å². The molecule has 0 unspecified atom stereocenters. The van der Waals surface area contributed by atoms with Crippen LogP contribution in [0.15, 0.2) is 123 Å². The Morgan fingerprint density at radius 3 is 1.01 bits per heavy atom. The third-order valence-corrected chi connectivity index (χ3v) is 27.3. The molecule has 12 aromatic rings. The van der Waals surface area contributed by atoms with E-state index < -0.39 is 15.4 Å². The summed E-state index contributed by atoms with van der Waals surface area (Å²) < 4.78 is 37.7. The molecule has 116 heavy (non-hydrogen) atoms. The highest BCUT2D eigenvalue weighted by Crippen LogP contribution is 2.48. The Balaban J connectivity index is 0.000000135. The monoisotopic (exact) mass is 1650 g/mol. The molecule has 0 spiro atoms. The number of hydrogen-bond acceptors (Lipinski definition) is 10. The first-order valence-corrected chi connectivity index (χ1v) is 42.3. The Kier molecular flexibility index (Phi) is 24.9. The van der Waals surface area contributed by atoms with Gasteiger partial charge in [0.1, 0.15) is 9.84 Å². The van der Waals surface area contributed by atoms with Gasteiger partial charge in [0.15, 0.2) is 22.7 Å². The first-order chi connectivity index (χ1) is 55.4. The van der Waals surface area contributed by atoms with Crippen molar-refractivity contribution in [3.63, 3.8) is 0 Å². The van der Waals surface area contributed by atoms with E-state index in [2.05, 4.69) is 99.7 Å². The number of pyridine rings is 4. The molecule has 2 saturated heterocycles. The number of methoxy groups -OCH3 is 1. The number of halogens is 4. The van der Waals surface area contributed by atoms with Crippen LogP contribution < -0.4 is 5.32 Å². The molecule has 596 valence electrons. The van der Waals surface area contributed by atoms with E-state index in [4.69, 9.17) is 77.4 Å². The highest BCUT2D eigenvalue weighted by molar-refractivity contribution is 7.91. The van der Waals surface area contributed by atoms with Gasteiger partial charge in [-0.3, -0.25) is 24.7 Å². The summed E-state index contributed by atoms with van der Waals surface area (Å²) in [4.78, 5) is 57.0. The molecule has 4 aliphatic rings. The average Bonchev–Trinajstić information content (AvgIpc) is 1.63. The Morgan fingerprint density at radius 1 is 0.440 bits per heavy atom. The van der Waals surface area contributed by atoms with Crippen LogP contribution in [-0.4, -0.2) is 112 Å². The van der Waals surface area contributed by atoms with Gasteiger partial charge in [-0.2, -0.15) is 0 Å². The van der Waals surface area contributed by atoms with Crippen LogP contribution in [0.2, 0.25) is 20.1 Å². The Labute approximate surface area is 697 Å². The van der Waals surface area contributed by atoms with Crippen LogP contribution in [-0.2, 0) is 19.4 Å². The molecule has 25 heteroatoms. The SMILES string of the molecule is [C-]#[N+]c1cc2c(-c3cncc(C)c3Cl)cn(C3CCC(C)(O)CC3)c2cc1C.[C-]#[N+]c1cc2c(-c3cncc(C)c3Cl)cn(C3CCC(NC(C)=O)CC3)c2cc1C.[C-]#[N+]c1cc2c(-c3cncc(C)c3Cl)cn(C3CCN(C(=O)OC)CC3)c2cc1C.[C-]#[N+]c1cc2c(-c3cncc(C)c3Cl)cn(C3CCS(=O)(=O)CC3)c2cc1C. The number of aromatic nitrogens is 8. The van der Waals surface area contributed by atoms with Crippen molar-refractivity contribution in [2.45, 2.75) is 182 Å². The zero-order valence-corrected chi connectivity index (χ0v) is 70.8. The van der Waals surface area contributed by atoms with Crippen LogP contribution in [0.1, 0.15) is 160 Å². The van der Waals surface area contributed by atoms with Crippen LogP contribution in [0.3, 0.4) is 0 Å². The van der Waals surface area contributed by atoms with Gasteiger partial charge in [-0.05, 0) is 254 Å². The molecule has 16 rings (SSSR count). The standard InChI is InChI=1S/C24H25ClN4O.C23H23ClN4O2.C23H24ClN3O.C21H20ClN3O2S/c1-14-9-23-19(10-22(14)26-4)21(20-12-27-11-15(2)24(20)25)13-29(23)18-7-5-17(6-8-18)28-16(3)30;1-14-9-21-17(10-20(14)25-3)19(18-12-26-11-15(2)22(18)24)13-28(21)16-5-7-27(8-6-16)23(29)30-4;1-14-9-21-17(10-20(14)25-4)19(18-12-26-11-15(2)22(18)24)13-27(21)16-5-7-23(3,28)8-6-16;1-13-8-20-16(9-19(13)23-3)18(17-11-24-10-14(2)21(17)22)12-25(20)15-4-6-28(26,27)7-5-15/h9-13,17-18H,5-8H2,1-3H3,(H,28,30);9-13,16H,5-8H2,1-2,4H3;9-13,16,28H,5-8H2,1-3H3;8-12,15H,4-7H2,1-2H3. The number of hydrogen-bond donors (Lipinski definition) is 2. The highest BCUT2D eigenvalue weighted by atomic mass is 35.5. The lowest BCUT2D eigenvalue weighted by molar-refractivity contribution is -0.119. The van der Waals surface area contributed by atoms with E-state index in [1.54, 1.807) is 61.4 Å². The number of likely N-dealkylation sites (tertiary alicyclic amines) is 1. The first kappa shape index (κ1) is 83.4. The lowest BCUT2D eigenvalue weighted by Gasteiger charge is -2.34. The van der Waals surface area contributed by atoms with E-state index >= 15 is 0 Å². The average molecular weight is 1650 g/mol. The topological polar surface area (TPSA) is 202 Å². The van der Waals surface area contributed by atoms with Gasteiger partial charge in [-0.1, -0.05) is 46.4 Å². The minimum atomic E-state index is -2.94. The van der Waals surface area contributed by atoms with Crippen molar-refractivity contribution in [1.82, 2.24) is 48.4 Å². The second-order valence-electron chi connectivity index (χ2n) is 31.6. The lowest BCUT2D eigenvalue weighted by atomic mass is 9.83. The fourth-order valence-electron chi connectivity index (χ4n) is 17.0. The number of piperidine rings is 1. The number of aryl methyl sites for hydroxylation is 8.